The number of aryl methyl sites for hydroxylation is 1. The summed E-state index contributed by atoms with van der Waals surface area (Å²) in [5.41, 5.74) is 2.33. The van der Waals surface area contributed by atoms with Crippen LogP contribution in [-0.2, 0) is 9.59 Å². The van der Waals surface area contributed by atoms with E-state index in [0.29, 0.717) is 27.8 Å². The average Bonchev–Trinajstić information content (AvgIpc) is 3.05. The Labute approximate surface area is 195 Å². The number of hydrogen-bond donors (Lipinski definition) is 1. The Balaban J connectivity index is 1.85. The molecule has 0 atom stereocenters. The fraction of sp³-hybridized carbons (Fsp3) is 0.120. The molecule has 0 unspecified atom stereocenters. The number of imide groups is 1. The first kappa shape index (κ1) is 22.4. The van der Waals surface area contributed by atoms with Gasteiger partial charge in [-0.3, -0.25) is 9.59 Å². The highest BCUT2D eigenvalue weighted by atomic mass is 35.5. The minimum absolute atomic E-state index is 0.0662. The predicted octanol–water partition coefficient (Wildman–Crippen LogP) is 5.20. The van der Waals surface area contributed by atoms with E-state index in [2.05, 4.69) is 5.32 Å². The summed E-state index contributed by atoms with van der Waals surface area (Å²) < 4.78 is 24.1. The number of hydrogen-bond acceptors (Lipinski definition) is 5. The quantitative estimate of drug-likeness (QED) is 0.506. The van der Waals surface area contributed by atoms with Crippen LogP contribution >= 0.6 is 11.6 Å². The molecule has 0 fully saturated rings. The number of methoxy groups -OCH3 is 2. The molecule has 6 nitrogen and oxygen atoms in total. The van der Waals surface area contributed by atoms with E-state index in [9.17, 15) is 14.0 Å². The number of amides is 2. The number of ether oxygens (including phenoxy) is 2. The third-order valence-corrected chi connectivity index (χ3v) is 5.69. The maximum absolute atomic E-state index is 13.5. The molecule has 8 heteroatoms. The summed E-state index contributed by atoms with van der Waals surface area (Å²) >= 11 is 6.25. The molecule has 2 amide bonds. The van der Waals surface area contributed by atoms with E-state index in [1.165, 1.54) is 38.5 Å². The van der Waals surface area contributed by atoms with Crippen molar-refractivity contribution in [1.82, 2.24) is 0 Å². The molecule has 0 radical (unpaired) electrons. The summed E-state index contributed by atoms with van der Waals surface area (Å²) in [6.45, 7) is 1.86. The maximum Gasteiger partial charge on any atom is 0.282 e. The first-order chi connectivity index (χ1) is 15.8. The molecule has 0 saturated carbocycles. The first-order valence-corrected chi connectivity index (χ1v) is 10.4. The lowest BCUT2D eigenvalue weighted by Crippen LogP contribution is -2.32. The standard InChI is InChI=1S/C25H20ClFN2O4/c1-14-4-8-17(13-19(14)26)28-23-22(15-5-11-20(32-2)21(12-15)33-3)24(30)29(25(23)31)18-9-6-16(27)7-10-18/h4-13,28H,1-3H3. The third kappa shape index (κ3) is 4.15. The number of carbonyl (C=O) groups is 2. The van der Waals surface area contributed by atoms with Gasteiger partial charge in [-0.15, -0.1) is 0 Å². The minimum atomic E-state index is -0.576. The second kappa shape index (κ2) is 8.96. The van der Waals surface area contributed by atoms with Gasteiger partial charge in [0.1, 0.15) is 11.5 Å². The van der Waals surface area contributed by atoms with E-state index in [-0.39, 0.29) is 17.0 Å². The molecule has 33 heavy (non-hydrogen) atoms. The van der Waals surface area contributed by atoms with Gasteiger partial charge in [0.2, 0.25) is 0 Å². The molecule has 0 saturated heterocycles. The zero-order chi connectivity index (χ0) is 23.7. The number of halogens is 2. The zero-order valence-corrected chi connectivity index (χ0v) is 18.9. The van der Waals surface area contributed by atoms with Crippen molar-refractivity contribution in [2.45, 2.75) is 6.92 Å². The fourth-order valence-electron chi connectivity index (χ4n) is 3.54. The number of carbonyl (C=O) groups excluding carboxylic acids is 2. The lowest BCUT2D eigenvalue weighted by atomic mass is 10.0. The molecule has 0 bridgehead atoms. The van der Waals surface area contributed by atoms with Crippen molar-refractivity contribution in [2.24, 2.45) is 0 Å². The van der Waals surface area contributed by atoms with E-state index in [0.717, 1.165) is 10.5 Å². The van der Waals surface area contributed by atoms with Crippen LogP contribution in [0.25, 0.3) is 5.57 Å². The van der Waals surface area contributed by atoms with Crippen molar-refractivity contribution in [2.75, 3.05) is 24.4 Å². The topological polar surface area (TPSA) is 67.9 Å². The number of rotatable bonds is 6. The molecule has 3 aromatic rings. The summed E-state index contributed by atoms with van der Waals surface area (Å²) in [7, 11) is 2.99. The van der Waals surface area contributed by atoms with Crippen LogP contribution in [0.2, 0.25) is 5.02 Å². The summed E-state index contributed by atoms with van der Waals surface area (Å²) in [4.78, 5) is 27.9. The van der Waals surface area contributed by atoms with Crippen LogP contribution in [-0.4, -0.2) is 26.0 Å². The van der Waals surface area contributed by atoms with Gasteiger partial charge in [-0.25, -0.2) is 9.29 Å². The summed E-state index contributed by atoms with van der Waals surface area (Å²) in [5.74, 6) is -0.722. The summed E-state index contributed by atoms with van der Waals surface area (Å²) in [5, 5.41) is 3.57. The van der Waals surface area contributed by atoms with Gasteiger partial charge >= 0.3 is 0 Å². The van der Waals surface area contributed by atoms with Crippen LogP contribution in [0.15, 0.2) is 66.4 Å². The highest BCUT2D eigenvalue weighted by molar-refractivity contribution is 6.46. The van der Waals surface area contributed by atoms with Gasteiger partial charge in [0, 0.05) is 10.7 Å². The van der Waals surface area contributed by atoms with E-state index in [1.807, 2.05) is 6.92 Å². The third-order valence-electron chi connectivity index (χ3n) is 5.28. The molecule has 1 aliphatic heterocycles. The van der Waals surface area contributed by atoms with Crippen LogP contribution in [0.5, 0.6) is 11.5 Å². The smallest absolute Gasteiger partial charge is 0.282 e. The molecule has 0 spiro atoms. The number of nitrogens with one attached hydrogen (secondary N) is 1. The average molecular weight is 467 g/mol. The highest BCUT2D eigenvalue weighted by Gasteiger charge is 2.40. The van der Waals surface area contributed by atoms with Crippen LogP contribution < -0.4 is 19.7 Å². The fourth-order valence-corrected chi connectivity index (χ4v) is 3.73. The van der Waals surface area contributed by atoms with E-state index in [4.69, 9.17) is 21.1 Å². The highest BCUT2D eigenvalue weighted by Crippen LogP contribution is 2.37. The monoisotopic (exact) mass is 466 g/mol. The molecule has 4 rings (SSSR count). The molecular formula is C25H20ClFN2O4. The Hall–Kier alpha value is -3.84. The molecule has 168 valence electrons. The molecule has 0 aliphatic carbocycles. The zero-order valence-electron chi connectivity index (χ0n) is 18.1. The number of nitrogens with zero attached hydrogens (tertiary/aromatic N) is 1. The largest absolute Gasteiger partial charge is 0.493 e. The van der Waals surface area contributed by atoms with Gasteiger partial charge < -0.3 is 14.8 Å². The Morgan fingerprint density at radius 2 is 1.58 bits per heavy atom. The van der Waals surface area contributed by atoms with Crippen molar-refractivity contribution in [3.63, 3.8) is 0 Å². The summed E-state index contributed by atoms with van der Waals surface area (Å²) in [6, 6.07) is 15.3. The number of benzene rings is 3. The molecule has 1 aliphatic rings. The Kier molecular flexibility index (Phi) is 6.07. The molecule has 3 aromatic carbocycles. The predicted molar refractivity (Wildman–Crippen MR) is 125 cm³/mol. The van der Waals surface area contributed by atoms with Crippen LogP contribution in [0.3, 0.4) is 0 Å². The lowest BCUT2D eigenvalue weighted by Gasteiger charge is -2.15. The lowest BCUT2D eigenvalue weighted by molar-refractivity contribution is -0.120. The molecule has 1 heterocycles. The van der Waals surface area contributed by atoms with Gasteiger partial charge in [-0.05, 0) is 66.6 Å². The maximum atomic E-state index is 13.5. The number of anilines is 2. The van der Waals surface area contributed by atoms with Crippen molar-refractivity contribution < 1.29 is 23.5 Å². The van der Waals surface area contributed by atoms with Crippen LogP contribution in [0.1, 0.15) is 11.1 Å². The molecule has 0 aromatic heterocycles. The van der Waals surface area contributed by atoms with Gasteiger partial charge in [0.05, 0.1) is 25.5 Å². The van der Waals surface area contributed by atoms with Gasteiger partial charge in [0.15, 0.2) is 11.5 Å². The van der Waals surface area contributed by atoms with Crippen molar-refractivity contribution in [3.05, 3.63) is 88.3 Å². The SMILES string of the molecule is COc1ccc(C2=C(Nc3ccc(C)c(Cl)c3)C(=O)N(c3ccc(F)cc3)C2=O)cc1OC. The van der Waals surface area contributed by atoms with Crippen molar-refractivity contribution in [3.8, 4) is 11.5 Å². The second-order valence-corrected chi connectivity index (χ2v) is 7.74. The van der Waals surface area contributed by atoms with Gasteiger partial charge in [0.25, 0.3) is 11.8 Å². The van der Waals surface area contributed by atoms with E-state index >= 15 is 0 Å². The van der Waals surface area contributed by atoms with E-state index < -0.39 is 17.6 Å². The van der Waals surface area contributed by atoms with E-state index in [1.54, 1.807) is 36.4 Å². The second-order valence-electron chi connectivity index (χ2n) is 7.33. The van der Waals surface area contributed by atoms with Crippen molar-refractivity contribution in [1.29, 1.82) is 0 Å². The first-order valence-electron chi connectivity index (χ1n) is 9.98. The normalized spacial score (nSPS) is 13.5. The van der Waals surface area contributed by atoms with Crippen molar-refractivity contribution >= 4 is 40.4 Å². The van der Waals surface area contributed by atoms with Gasteiger partial charge in [-0.2, -0.15) is 0 Å². The summed E-state index contributed by atoms with van der Waals surface area (Å²) in [6.07, 6.45) is 0. The molecular weight excluding hydrogens is 447 g/mol. The minimum Gasteiger partial charge on any atom is -0.493 e. The van der Waals surface area contributed by atoms with Gasteiger partial charge in [-0.1, -0.05) is 23.7 Å². The Bertz CT molecular complexity index is 1290. The molecule has 1 N–H and O–H groups in total. The van der Waals surface area contributed by atoms with Crippen LogP contribution in [0.4, 0.5) is 15.8 Å². The van der Waals surface area contributed by atoms with Crippen LogP contribution in [0, 0.1) is 12.7 Å². The Morgan fingerprint density at radius 1 is 0.879 bits per heavy atom. The Morgan fingerprint density at radius 3 is 2.21 bits per heavy atom.